The van der Waals surface area contributed by atoms with Gasteiger partial charge in [-0.1, -0.05) is 54.1 Å². The summed E-state index contributed by atoms with van der Waals surface area (Å²) in [5.74, 6) is -0.985. The minimum Gasteiger partial charge on any atom is -0.267 e. The second kappa shape index (κ2) is 7.25. The van der Waals surface area contributed by atoms with Gasteiger partial charge in [0.1, 0.15) is 10.7 Å². The van der Waals surface area contributed by atoms with Crippen molar-refractivity contribution in [2.24, 2.45) is 0 Å². The number of benzene rings is 2. The van der Waals surface area contributed by atoms with Crippen LogP contribution in [0.1, 0.15) is 20.8 Å². The van der Waals surface area contributed by atoms with Crippen molar-refractivity contribution in [3.63, 3.8) is 0 Å². The van der Waals surface area contributed by atoms with Crippen LogP contribution in [0.15, 0.2) is 60.0 Å². The van der Waals surface area contributed by atoms with E-state index >= 15 is 0 Å². The standard InChI is InChI=1S/C17H12ClN3O2S/c18-13-9-5-4-8-12(13)15(22)20-21-16(23)14-10-24-17(19-14)11-6-2-1-3-7-11/h1-10H,(H,20,22)(H,21,23). The van der Waals surface area contributed by atoms with Crippen LogP contribution in [0.3, 0.4) is 0 Å². The van der Waals surface area contributed by atoms with Gasteiger partial charge >= 0.3 is 0 Å². The molecule has 2 N–H and O–H groups in total. The highest BCUT2D eigenvalue weighted by atomic mass is 35.5. The zero-order valence-corrected chi connectivity index (χ0v) is 13.9. The topological polar surface area (TPSA) is 71.1 Å². The van der Waals surface area contributed by atoms with E-state index in [1.807, 2.05) is 30.3 Å². The summed E-state index contributed by atoms with van der Waals surface area (Å²) in [4.78, 5) is 28.4. The molecule has 2 amide bonds. The smallest absolute Gasteiger partial charge is 0.267 e. The molecule has 1 aromatic heterocycles. The van der Waals surface area contributed by atoms with E-state index in [0.29, 0.717) is 5.02 Å². The van der Waals surface area contributed by atoms with E-state index in [-0.39, 0.29) is 11.3 Å². The van der Waals surface area contributed by atoms with Gasteiger partial charge in [0.25, 0.3) is 11.8 Å². The highest BCUT2D eigenvalue weighted by Gasteiger charge is 2.14. The van der Waals surface area contributed by atoms with Gasteiger partial charge in [-0.25, -0.2) is 4.98 Å². The van der Waals surface area contributed by atoms with Crippen LogP contribution >= 0.6 is 22.9 Å². The van der Waals surface area contributed by atoms with Crippen molar-refractivity contribution in [2.75, 3.05) is 0 Å². The average Bonchev–Trinajstić information content (AvgIpc) is 3.11. The summed E-state index contributed by atoms with van der Waals surface area (Å²) in [5.41, 5.74) is 6.11. The third-order valence-electron chi connectivity index (χ3n) is 3.17. The number of aromatic nitrogens is 1. The SMILES string of the molecule is O=C(NNC(=O)c1ccccc1Cl)c1csc(-c2ccccc2)n1. The molecule has 0 aliphatic heterocycles. The molecule has 0 unspecified atom stereocenters. The number of rotatable bonds is 3. The lowest BCUT2D eigenvalue weighted by Crippen LogP contribution is -2.41. The highest BCUT2D eigenvalue weighted by Crippen LogP contribution is 2.23. The molecule has 0 radical (unpaired) electrons. The van der Waals surface area contributed by atoms with Crippen LogP contribution in [0.25, 0.3) is 10.6 Å². The van der Waals surface area contributed by atoms with Gasteiger partial charge < -0.3 is 0 Å². The van der Waals surface area contributed by atoms with Gasteiger partial charge in [0.05, 0.1) is 10.6 Å². The summed E-state index contributed by atoms with van der Waals surface area (Å²) in [6.07, 6.45) is 0. The second-order valence-corrected chi connectivity index (χ2v) is 6.06. The van der Waals surface area contributed by atoms with Crippen LogP contribution < -0.4 is 10.9 Å². The van der Waals surface area contributed by atoms with Crippen LogP contribution in [0.4, 0.5) is 0 Å². The maximum Gasteiger partial charge on any atom is 0.289 e. The monoisotopic (exact) mass is 357 g/mol. The Morgan fingerprint density at radius 3 is 2.33 bits per heavy atom. The number of carbonyl (C=O) groups excluding carboxylic acids is 2. The van der Waals surface area contributed by atoms with E-state index in [4.69, 9.17) is 11.6 Å². The molecule has 0 atom stereocenters. The van der Waals surface area contributed by atoms with E-state index in [9.17, 15) is 9.59 Å². The molecular formula is C17H12ClN3O2S. The van der Waals surface area contributed by atoms with E-state index in [2.05, 4.69) is 15.8 Å². The predicted octanol–water partition coefficient (Wildman–Crippen LogP) is 3.54. The van der Waals surface area contributed by atoms with Gasteiger partial charge in [0, 0.05) is 10.9 Å². The van der Waals surface area contributed by atoms with E-state index in [1.165, 1.54) is 11.3 Å². The molecule has 5 nitrogen and oxygen atoms in total. The molecule has 3 aromatic rings. The minimum absolute atomic E-state index is 0.235. The number of hydrogen-bond donors (Lipinski definition) is 2. The van der Waals surface area contributed by atoms with E-state index in [0.717, 1.165) is 10.6 Å². The fraction of sp³-hybridized carbons (Fsp3) is 0. The predicted molar refractivity (Wildman–Crippen MR) is 93.9 cm³/mol. The lowest BCUT2D eigenvalue weighted by Gasteiger charge is -2.07. The lowest BCUT2D eigenvalue weighted by atomic mass is 10.2. The number of nitrogens with one attached hydrogen (secondary N) is 2. The Hall–Kier alpha value is -2.70. The molecule has 0 fully saturated rings. The number of hydrogen-bond acceptors (Lipinski definition) is 4. The number of carbonyl (C=O) groups is 2. The number of amides is 2. The van der Waals surface area contributed by atoms with Gasteiger partial charge in [-0.2, -0.15) is 0 Å². The maximum atomic E-state index is 12.1. The molecule has 120 valence electrons. The third kappa shape index (κ3) is 3.61. The number of hydrazine groups is 1. The Kier molecular flexibility index (Phi) is 4.88. The van der Waals surface area contributed by atoms with Crippen LogP contribution in [0.5, 0.6) is 0 Å². The quantitative estimate of drug-likeness (QED) is 0.704. The maximum absolute atomic E-state index is 12.1. The van der Waals surface area contributed by atoms with Gasteiger partial charge in [-0.15, -0.1) is 11.3 Å². The normalized spacial score (nSPS) is 10.2. The van der Waals surface area contributed by atoms with Crippen molar-refractivity contribution in [1.29, 1.82) is 0 Å². The van der Waals surface area contributed by atoms with Crippen molar-refractivity contribution in [1.82, 2.24) is 15.8 Å². The third-order valence-corrected chi connectivity index (χ3v) is 4.39. The molecule has 3 rings (SSSR count). The first kappa shape index (κ1) is 16.2. The molecule has 7 heteroatoms. The Morgan fingerprint density at radius 1 is 0.917 bits per heavy atom. The lowest BCUT2D eigenvalue weighted by molar-refractivity contribution is 0.0844. The number of nitrogens with zero attached hydrogens (tertiary/aromatic N) is 1. The van der Waals surface area contributed by atoms with E-state index < -0.39 is 11.8 Å². The summed E-state index contributed by atoms with van der Waals surface area (Å²) in [6, 6.07) is 16.1. The molecule has 0 saturated carbocycles. The van der Waals surface area contributed by atoms with Crippen molar-refractivity contribution in [3.8, 4) is 10.6 Å². The first-order valence-corrected chi connectivity index (χ1v) is 8.27. The fourth-order valence-corrected chi connectivity index (χ4v) is 3.01. The molecule has 0 bridgehead atoms. The van der Waals surface area contributed by atoms with Crippen molar-refractivity contribution in [3.05, 3.63) is 76.3 Å². The summed E-state index contributed by atoms with van der Waals surface area (Å²) in [6.45, 7) is 0. The fourth-order valence-electron chi connectivity index (χ4n) is 1.98. The first-order chi connectivity index (χ1) is 11.6. The highest BCUT2D eigenvalue weighted by molar-refractivity contribution is 7.13. The van der Waals surface area contributed by atoms with Gasteiger partial charge in [-0.05, 0) is 12.1 Å². The average molecular weight is 358 g/mol. The molecule has 0 spiro atoms. The van der Waals surface area contributed by atoms with Crippen molar-refractivity contribution in [2.45, 2.75) is 0 Å². The van der Waals surface area contributed by atoms with Crippen molar-refractivity contribution < 1.29 is 9.59 Å². The summed E-state index contributed by atoms with van der Waals surface area (Å²) in [7, 11) is 0. The minimum atomic E-state index is -0.493. The summed E-state index contributed by atoms with van der Waals surface area (Å²) in [5, 5.41) is 2.68. The summed E-state index contributed by atoms with van der Waals surface area (Å²) >= 11 is 7.30. The molecular weight excluding hydrogens is 346 g/mol. The number of thiazole rings is 1. The molecule has 24 heavy (non-hydrogen) atoms. The molecule has 0 aliphatic rings. The second-order valence-electron chi connectivity index (χ2n) is 4.79. The molecule has 2 aromatic carbocycles. The number of halogens is 1. The van der Waals surface area contributed by atoms with Crippen molar-refractivity contribution >= 4 is 34.8 Å². The van der Waals surface area contributed by atoms with Crippen LogP contribution in [0.2, 0.25) is 5.02 Å². The van der Waals surface area contributed by atoms with Gasteiger partial charge in [0.2, 0.25) is 0 Å². The zero-order valence-electron chi connectivity index (χ0n) is 12.3. The van der Waals surface area contributed by atoms with Gasteiger partial charge in [0.15, 0.2) is 0 Å². The van der Waals surface area contributed by atoms with Crippen LogP contribution in [-0.4, -0.2) is 16.8 Å². The summed E-state index contributed by atoms with van der Waals surface area (Å²) < 4.78 is 0. The van der Waals surface area contributed by atoms with Crippen LogP contribution in [0, 0.1) is 0 Å². The molecule has 0 aliphatic carbocycles. The Morgan fingerprint density at radius 2 is 1.58 bits per heavy atom. The largest absolute Gasteiger partial charge is 0.289 e. The van der Waals surface area contributed by atoms with E-state index in [1.54, 1.807) is 29.6 Å². The van der Waals surface area contributed by atoms with Crippen LogP contribution in [-0.2, 0) is 0 Å². The zero-order chi connectivity index (χ0) is 16.9. The first-order valence-electron chi connectivity index (χ1n) is 7.01. The molecule has 0 saturated heterocycles. The Bertz CT molecular complexity index is 880. The molecule has 1 heterocycles. The van der Waals surface area contributed by atoms with Gasteiger partial charge in [-0.3, -0.25) is 20.4 Å². The Balaban J connectivity index is 1.65. The Labute approximate surface area is 147 Å².